The molecule has 0 fully saturated rings. The summed E-state index contributed by atoms with van der Waals surface area (Å²) >= 11 is 12.4. The molecule has 40 heavy (non-hydrogen) atoms. The van der Waals surface area contributed by atoms with Crippen LogP contribution in [0.25, 0.3) is 16.8 Å². The van der Waals surface area contributed by atoms with Gasteiger partial charge in [-0.05, 0) is 36.4 Å². The predicted molar refractivity (Wildman–Crippen MR) is 147 cm³/mol. The molecule has 2 aromatic carbocycles. The molecule has 5 rings (SSSR count). The van der Waals surface area contributed by atoms with Crippen molar-refractivity contribution in [3.05, 3.63) is 122 Å². The molecule has 0 aliphatic carbocycles. The number of para-hydroxylation sites is 1. The van der Waals surface area contributed by atoms with Gasteiger partial charge in [-0.15, -0.1) is 0 Å². The number of aromatic nitrogens is 5. The molecule has 5 aromatic rings. The van der Waals surface area contributed by atoms with Gasteiger partial charge in [0.05, 0.1) is 10.0 Å². The van der Waals surface area contributed by atoms with Crippen molar-refractivity contribution < 1.29 is 13.9 Å². The van der Waals surface area contributed by atoms with Crippen molar-refractivity contribution in [2.45, 2.75) is 0 Å². The van der Waals surface area contributed by atoms with Gasteiger partial charge in [0.15, 0.2) is 11.6 Å². The van der Waals surface area contributed by atoms with Crippen molar-refractivity contribution in [2.24, 2.45) is 7.05 Å². The van der Waals surface area contributed by atoms with Gasteiger partial charge >= 0.3 is 5.69 Å². The van der Waals surface area contributed by atoms with Crippen molar-refractivity contribution >= 4 is 34.8 Å². The highest BCUT2D eigenvalue weighted by atomic mass is 35.5. The average molecular weight is 579 g/mol. The van der Waals surface area contributed by atoms with Gasteiger partial charge in [0, 0.05) is 54.7 Å². The third-order valence-corrected chi connectivity index (χ3v) is 6.31. The molecule has 3 aromatic heterocycles. The van der Waals surface area contributed by atoms with Crippen LogP contribution in [-0.2, 0) is 7.05 Å². The van der Waals surface area contributed by atoms with E-state index in [0.717, 1.165) is 16.3 Å². The number of carbonyl (C=O) groups is 1. The summed E-state index contributed by atoms with van der Waals surface area (Å²) in [4.78, 5) is 46.6. The fourth-order valence-corrected chi connectivity index (χ4v) is 4.29. The minimum absolute atomic E-state index is 0.00482. The van der Waals surface area contributed by atoms with Gasteiger partial charge < -0.3 is 10.1 Å². The first-order chi connectivity index (χ1) is 19.2. The molecule has 3 heterocycles. The summed E-state index contributed by atoms with van der Waals surface area (Å²) in [5, 5.41) is 6.48. The topological polar surface area (TPSA) is 121 Å². The number of ether oxygens (including phenoxy) is 1. The van der Waals surface area contributed by atoms with Gasteiger partial charge in [-0.2, -0.15) is 9.78 Å². The van der Waals surface area contributed by atoms with E-state index in [1.54, 1.807) is 36.8 Å². The number of hydrogen-bond donors (Lipinski definition) is 1. The quantitative estimate of drug-likeness (QED) is 0.305. The zero-order valence-electron chi connectivity index (χ0n) is 20.5. The Kier molecular flexibility index (Phi) is 7.41. The van der Waals surface area contributed by atoms with Crippen LogP contribution in [-0.4, -0.2) is 30.2 Å². The van der Waals surface area contributed by atoms with Crippen LogP contribution in [0.2, 0.25) is 10.0 Å². The molecule has 1 amide bonds. The minimum atomic E-state index is -0.987. The summed E-state index contributed by atoms with van der Waals surface area (Å²) in [6, 6.07) is 13.4. The van der Waals surface area contributed by atoms with E-state index in [4.69, 9.17) is 27.9 Å². The number of amides is 1. The Morgan fingerprint density at radius 2 is 1.70 bits per heavy atom. The summed E-state index contributed by atoms with van der Waals surface area (Å²) < 4.78 is 22.3. The molecular formula is C27H17Cl2FN6O4. The Balaban J connectivity index is 1.43. The molecule has 0 aliphatic heterocycles. The minimum Gasteiger partial charge on any atom is -0.454 e. The second kappa shape index (κ2) is 11.1. The van der Waals surface area contributed by atoms with Crippen molar-refractivity contribution in [3.63, 3.8) is 0 Å². The van der Waals surface area contributed by atoms with Crippen LogP contribution in [0.3, 0.4) is 0 Å². The Labute approximate surface area is 235 Å². The van der Waals surface area contributed by atoms with E-state index in [1.165, 1.54) is 37.5 Å². The number of anilines is 1. The maximum Gasteiger partial charge on any atom is 0.352 e. The number of nitrogens with one attached hydrogen (secondary N) is 1. The van der Waals surface area contributed by atoms with E-state index in [-0.39, 0.29) is 27.2 Å². The van der Waals surface area contributed by atoms with Crippen LogP contribution in [0.15, 0.2) is 89.0 Å². The molecule has 0 spiro atoms. The number of hydrogen-bond acceptors (Lipinski definition) is 7. The van der Waals surface area contributed by atoms with Crippen LogP contribution < -0.4 is 21.3 Å². The molecule has 0 aliphatic rings. The number of nitrogens with zero attached hydrogens (tertiary/aromatic N) is 5. The monoisotopic (exact) mass is 578 g/mol. The Morgan fingerprint density at radius 3 is 2.40 bits per heavy atom. The average Bonchev–Trinajstić information content (AvgIpc) is 2.95. The van der Waals surface area contributed by atoms with Crippen LogP contribution in [0, 0.1) is 5.82 Å². The van der Waals surface area contributed by atoms with Crippen molar-refractivity contribution in [1.82, 2.24) is 24.3 Å². The fourth-order valence-electron chi connectivity index (χ4n) is 3.73. The SMILES string of the molecule is Cn1c(=O)c(C(=O)Nc2ccc(Oc3ccncc3-c3cccnc3)c(F)c2)nn(-c2c(Cl)cccc2Cl)c1=O. The number of pyridine rings is 2. The molecule has 1 N–H and O–H groups in total. The van der Waals surface area contributed by atoms with E-state index >= 15 is 4.39 Å². The third kappa shape index (κ3) is 5.20. The lowest BCUT2D eigenvalue weighted by molar-refractivity contribution is 0.101. The zero-order chi connectivity index (χ0) is 28.4. The lowest BCUT2D eigenvalue weighted by Crippen LogP contribution is -2.43. The first-order valence-electron chi connectivity index (χ1n) is 11.5. The molecule has 0 bridgehead atoms. The van der Waals surface area contributed by atoms with E-state index in [1.807, 2.05) is 6.07 Å². The molecule has 200 valence electrons. The lowest BCUT2D eigenvalue weighted by atomic mass is 10.1. The Morgan fingerprint density at radius 1 is 0.950 bits per heavy atom. The second-order valence-corrected chi connectivity index (χ2v) is 9.11. The van der Waals surface area contributed by atoms with Crippen LogP contribution in [0.1, 0.15) is 10.5 Å². The van der Waals surface area contributed by atoms with Crippen LogP contribution in [0.4, 0.5) is 10.1 Å². The molecule has 0 saturated heterocycles. The van der Waals surface area contributed by atoms with E-state index in [2.05, 4.69) is 20.4 Å². The maximum absolute atomic E-state index is 15.0. The third-order valence-electron chi connectivity index (χ3n) is 5.70. The highest BCUT2D eigenvalue weighted by molar-refractivity contribution is 6.37. The molecular weight excluding hydrogens is 562 g/mol. The molecule has 13 heteroatoms. The maximum atomic E-state index is 15.0. The van der Waals surface area contributed by atoms with E-state index in [0.29, 0.717) is 15.9 Å². The number of rotatable bonds is 6. The lowest BCUT2D eigenvalue weighted by Gasteiger charge is -2.13. The van der Waals surface area contributed by atoms with Crippen LogP contribution in [0.5, 0.6) is 11.5 Å². The summed E-state index contributed by atoms with van der Waals surface area (Å²) in [7, 11) is 1.18. The van der Waals surface area contributed by atoms with Gasteiger partial charge in [0.25, 0.3) is 11.5 Å². The van der Waals surface area contributed by atoms with Crippen molar-refractivity contribution in [3.8, 4) is 28.3 Å². The van der Waals surface area contributed by atoms with Gasteiger partial charge in [-0.3, -0.25) is 24.1 Å². The first kappa shape index (κ1) is 26.7. The summed E-state index contributed by atoms with van der Waals surface area (Å²) in [5.74, 6) is -1.56. The van der Waals surface area contributed by atoms with E-state index < -0.39 is 28.7 Å². The number of carbonyl (C=O) groups excluding carboxylic acids is 1. The summed E-state index contributed by atoms with van der Waals surface area (Å²) in [6.07, 6.45) is 6.32. The van der Waals surface area contributed by atoms with E-state index in [9.17, 15) is 14.4 Å². The van der Waals surface area contributed by atoms with Gasteiger partial charge in [0.2, 0.25) is 5.69 Å². The van der Waals surface area contributed by atoms with Crippen molar-refractivity contribution in [2.75, 3.05) is 5.32 Å². The molecule has 0 atom stereocenters. The smallest absolute Gasteiger partial charge is 0.352 e. The second-order valence-electron chi connectivity index (χ2n) is 8.29. The molecule has 0 saturated carbocycles. The highest BCUT2D eigenvalue weighted by Crippen LogP contribution is 2.34. The Bertz CT molecular complexity index is 1860. The molecule has 0 radical (unpaired) electrons. The number of benzene rings is 2. The largest absolute Gasteiger partial charge is 0.454 e. The molecule has 10 nitrogen and oxygen atoms in total. The van der Waals surface area contributed by atoms with Crippen molar-refractivity contribution in [1.29, 1.82) is 0 Å². The fraction of sp³-hybridized carbons (Fsp3) is 0.0370. The Hall–Kier alpha value is -4.87. The normalized spacial score (nSPS) is 10.8. The molecule has 0 unspecified atom stereocenters. The summed E-state index contributed by atoms with van der Waals surface area (Å²) in [6.45, 7) is 0. The standard InChI is InChI=1S/C27H17Cl2FN6O4/c1-35-26(38)23(34-36(27(35)39)24-18(28)5-2-6-19(24)29)25(37)33-16-7-8-22(20(30)12-16)40-21-9-11-32-14-17(21)15-4-3-10-31-13-15/h2-14H,1H3,(H,33,37). The predicted octanol–water partition coefficient (Wildman–Crippen LogP) is 4.88. The summed E-state index contributed by atoms with van der Waals surface area (Å²) in [5.41, 5.74) is -1.15. The highest BCUT2D eigenvalue weighted by Gasteiger charge is 2.22. The number of halogens is 3. The van der Waals surface area contributed by atoms with Crippen LogP contribution >= 0.6 is 23.2 Å². The van der Waals surface area contributed by atoms with Gasteiger partial charge in [0.1, 0.15) is 11.4 Å². The zero-order valence-corrected chi connectivity index (χ0v) is 22.0. The first-order valence-corrected chi connectivity index (χ1v) is 12.3. The van der Waals surface area contributed by atoms with Gasteiger partial charge in [-0.1, -0.05) is 35.3 Å². The van der Waals surface area contributed by atoms with Gasteiger partial charge in [-0.25, -0.2) is 9.18 Å².